The van der Waals surface area contributed by atoms with Crippen molar-refractivity contribution in [2.45, 2.75) is 25.3 Å². The second kappa shape index (κ2) is 5.18. The lowest BCUT2D eigenvalue weighted by Crippen LogP contribution is -2.32. The van der Waals surface area contributed by atoms with Crippen molar-refractivity contribution >= 4 is 23.1 Å². The van der Waals surface area contributed by atoms with Gasteiger partial charge in [-0.15, -0.1) is 0 Å². The van der Waals surface area contributed by atoms with Crippen molar-refractivity contribution in [1.29, 1.82) is 0 Å². The largest absolute Gasteiger partial charge is 0.350 e. The van der Waals surface area contributed by atoms with Crippen LogP contribution in [0.3, 0.4) is 0 Å². The van der Waals surface area contributed by atoms with E-state index in [9.17, 15) is 10.1 Å². The number of nitrogens with zero attached hydrogens (tertiary/aromatic N) is 3. The number of halogens is 1. The monoisotopic (exact) mass is 296 g/mol. The Hall–Kier alpha value is -1.40. The number of fused-ring (bicyclic) bond motifs is 1. The molecular weight excluding hydrogens is 280 g/mol. The molecular formula is C13H17ClN4O2. The van der Waals surface area contributed by atoms with E-state index in [1.54, 1.807) is 0 Å². The normalized spacial score (nSPS) is 29.3. The van der Waals surface area contributed by atoms with Crippen LogP contribution in [0.4, 0.5) is 11.5 Å². The molecule has 0 aromatic carbocycles. The molecule has 1 aliphatic carbocycles. The summed E-state index contributed by atoms with van der Waals surface area (Å²) < 4.78 is 0. The van der Waals surface area contributed by atoms with Gasteiger partial charge in [0.2, 0.25) is 5.82 Å². The summed E-state index contributed by atoms with van der Waals surface area (Å²) in [6, 6.07) is 1.64. The number of nitrogens with two attached hydrogens (primary N) is 1. The van der Waals surface area contributed by atoms with E-state index in [2.05, 4.69) is 4.98 Å². The molecule has 3 atom stereocenters. The predicted octanol–water partition coefficient (Wildman–Crippen LogP) is 2.21. The van der Waals surface area contributed by atoms with Crippen LogP contribution in [-0.2, 0) is 0 Å². The lowest BCUT2D eigenvalue weighted by Gasteiger charge is -2.27. The maximum atomic E-state index is 11.2. The molecule has 6 nitrogen and oxygen atoms in total. The molecule has 3 rings (SSSR count). The van der Waals surface area contributed by atoms with E-state index in [-0.39, 0.29) is 11.7 Å². The molecule has 1 unspecified atom stereocenters. The average molecular weight is 297 g/mol. The third kappa shape index (κ3) is 2.45. The highest BCUT2D eigenvalue weighted by Gasteiger charge is 2.39. The highest BCUT2D eigenvalue weighted by molar-refractivity contribution is 6.30. The molecule has 2 N–H and O–H groups in total. The third-order valence-electron chi connectivity index (χ3n) is 4.40. The van der Waals surface area contributed by atoms with Crippen LogP contribution in [0.25, 0.3) is 0 Å². The molecule has 1 aliphatic heterocycles. The molecule has 2 fully saturated rings. The van der Waals surface area contributed by atoms with Gasteiger partial charge in [0, 0.05) is 31.4 Å². The zero-order valence-corrected chi connectivity index (χ0v) is 11.8. The second-order valence-electron chi connectivity index (χ2n) is 5.75. The lowest BCUT2D eigenvalue weighted by atomic mass is 9.79. The SMILES string of the molecule is NC1CC[C@@H]2CN(c3ncc(Cl)cc3[N+](=O)[O-])C[C@@H]2C1. The van der Waals surface area contributed by atoms with E-state index in [4.69, 9.17) is 17.3 Å². The van der Waals surface area contributed by atoms with Crippen LogP contribution < -0.4 is 10.6 Å². The van der Waals surface area contributed by atoms with Gasteiger partial charge in [-0.25, -0.2) is 4.98 Å². The van der Waals surface area contributed by atoms with Crippen molar-refractivity contribution in [3.8, 4) is 0 Å². The summed E-state index contributed by atoms with van der Waals surface area (Å²) in [7, 11) is 0. The minimum absolute atomic E-state index is 0.0135. The molecule has 2 heterocycles. The fourth-order valence-corrected chi connectivity index (χ4v) is 3.59. The Morgan fingerprint density at radius 1 is 1.40 bits per heavy atom. The first-order chi connectivity index (χ1) is 9.54. The fraction of sp³-hybridized carbons (Fsp3) is 0.615. The number of rotatable bonds is 2. The molecule has 1 aromatic rings. The van der Waals surface area contributed by atoms with Gasteiger partial charge in [0.25, 0.3) is 0 Å². The zero-order chi connectivity index (χ0) is 14.3. The van der Waals surface area contributed by atoms with Crippen LogP contribution in [0, 0.1) is 22.0 Å². The molecule has 2 aliphatic rings. The van der Waals surface area contributed by atoms with E-state index in [0.29, 0.717) is 22.7 Å². The Balaban J connectivity index is 1.86. The van der Waals surface area contributed by atoms with E-state index in [1.807, 2.05) is 4.90 Å². The summed E-state index contributed by atoms with van der Waals surface area (Å²) in [6.45, 7) is 1.63. The van der Waals surface area contributed by atoms with Crippen molar-refractivity contribution < 1.29 is 4.92 Å². The average Bonchev–Trinajstić information content (AvgIpc) is 2.81. The van der Waals surface area contributed by atoms with Gasteiger partial charge in [-0.2, -0.15) is 0 Å². The topological polar surface area (TPSA) is 85.3 Å². The quantitative estimate of drug-likeness (QED) is 0.668. The van der Waals surface area contributed by atoms with Gasteiger partial charge in [0.15, 0.2) is 0 Å². The third-order valence-corrected chi connectivity index (χ3v) is 4.61. The Morgan fingerprint density at radius 3 is 2.90 bits per heavy atom. The fourth-order valence-electron chi connectivity index (χ4n) is 3.44. The van der Waals surface area contributed by atoms with Crippen molar-refractivity contribution in [2.75, 3.05) is 18.0 Å². The number of nitro groups is 1. The molecule has 0 amide bonds. The minimum atomic E-state index is -0.415. The molecule has 0 spiro atoms. The molecule has 1 aromatic heterocycles. The Kier molecular flexibility index (Phi) is 3.52. The van der Waals surface area contributed by atoms with Crippen LogP contribution in [-0.4, -0.2) is 29.0 Å². The smallest absolute Gasteiger partial charge is 0.313 e. The first-order valence-electron chi connectivity index (χ1n) is 6.85. The number of pyridine rings is 1. The number of anilines is 1. The highest BCUT2D eigenvalue weighted by Crippen LogP contribution is 2.39. The molecule has 7 heteroatoms. The summed E-state index contributed by atoms with van der Waals surface area (Å²) in [5.41, 5.74) is 6.00. The Labute approximate surface area is 122 Å². The lowest BCUT2D eigenvalue weighted by molar-refractivity contribution is -0.384. The van der Waals surface area contributed by atoms with Crippen LogP contribution in [0.5, 0.6) is 0 Å². The minimum Gasteiger partial charge on any atom is -0.350 e. The van der Waals surface area contributed by atoms with Crippen LogP contribution in [0.15, 0.2) is 12.3 Å². The summed E-state index contributed by atoms with van der Waals surface area (Å²) in [5.74, 6) is 1.53. The van der Waals surface area contributed by atoms with Crippen molar-refractivity contribution in [1.82, 2.24) is 4.98 Å². The zero-order valence-electron chi connectivity index (χ0n) is 11.0. The number of hydrogen-bond acceptors (Lipinski definition) is 5. The van der Waals surface area contributed by atoms with Gasteiger partial charge in [0.05, 0.1) is 9.95 Å². The van der Waals surface area contributed by atoms with Crippen LogP contribution >= 0.6 is 11.6 Å². The van der Waals surface area contributed by atoms with Crippen molar-refractivity contribution in [3.05, 3.63) is 27.4 Å². The van der Waals surface area contributed by atoms with E-state index in [1.165, 1.54) is 12.3 Å². The van der Waals surface area contributed by atoms with E-state index < -0.39 is 4.92 Å². The van der Waals surface area contributed by atoms with Gasteiger partial charge in [-0.05, 0) is 31.1 Å². The van der Waals surface area contributed by atoms with E-state index in [0.717, 1.165) is 32.4 Å². The number of aromatic nitrogens is 1. The van der Waals surface area contributed by atoms with Crippen LogP contribution in [0.2, 0.25) is 5.02 Å². The summed E-state index contributed by atoms with van der Waals surface area (Å²) in [4.78, 5) is 16.9. The molecule has 0 bridgehead atoms. The molecule has 0 radical (unpaired) electrons. The maximum absolute atomic E-state index is 11.2. The molecule has 108 valence electrons. The van der Waals surface area contributed by atoms with Gasteiger partial charge in [0.1, 0.15) is 0 Å². The van der Waals surface area contributed by atoms with Crippen molar-refractivity contribution in [3.63, 3.8) is 0 Å². The van der Waals surface area contributed by atoms with Gasteiger partial charge < -0.3 is 10.6 Å². The highest BCUT2D eigenvalue weighted by atomic mass is 35.5. The molecule has 1 saturated carbocycles. The van der Waals surface area contributed by atoms with E-state index >= 15 is 0 Å². The number of hydrogen-bond donors (Lipinski definition) is 1. The van der Waals surface area contributed by atoms with Crippen molar-refractivity contribution in [2.24, 2.45) is 17.6 Å². The second-order valence-corrected chi connectivity index (χ2v) is 6.19. The molecule has 1 saturated heterocycles. The maximum Gasteiger partial charge on any atom is 0.313 e. The summed E-state index contributed by atoms with van der Waals surface area (Å²) in [6.07, 6.45) is 4.62. The molecule has 20 heavy (non-hydrogen) atoms. The Bertz CT molecular complexity index is 539. The standard InChI is InChI=1S/C13H17ClN4O2/c14-10-4-12(18(19)20)13(16-5-10)17-6-8-1-2-11(15)3-9(8)7-17/h4-5,8-9,11H,1-3,6-7,15H2/t8-,9+,11?/m1/s1. The first-order valence-corrected chi connectivity index (χ1v) is 7.23. The van der Waals surface area contributed by atoms with Gasteiger partial charge in [-0.3, -0.25) is 10.1 Å². The Morgan fingerprint density at radius 2 is 2.15 bits per heavy atom. The summed E-state index contributed by atoms with van der Waals surface area (Å²) in [5, 5.41) is 11.4. The first kappa shape index (κ1) is 13.6. The van der Waals surface area contributed by atoms with Gasteiger partial charge >= 0.3 is 5.69 Å². The predicted molar refractivity (Wildman–Crippen MR) is 76.9 cm³/mol. The summed E-state index contributed by atoms with van der Waals surface area (Å²) >= 11 is 5.81. The van der Waals surface area contributed by atoms with Crippen LogP contribution in [0.1, 0.15) is 19.3 Å². The van der Waals surface area contributed by atoms with Gasteiger partial charge in [-0.1, -0.05) is 11.6 Å².